The molecule has 0 amide bonds. The third kappa shape index (κ3) is 7.52. The second kappa shape index (κ2) is 18.2. The van der Waals surface area contributed by atoms with E-state index in [0.29, 0.717) is 29.1 Å². The van der Waals surface area contributed by atoms with Crippen LogP contribution in [0.5, 0.6) is 0 Å². The monoisotopic (exact) mass is 1070 g/mol. The fourth-order valence-electron chi connectivity index (χ4n) is 13.3. The van der Waals surface area contributed by atoms with E-state index in [2.05, 4.69) is 221 Å². The maximum Gasteiger partial charge on any atom is 0.164 e. The Balaban J connectivity index is 0.830. The minimum atomic E-state index is -0.410. The molecule has 10 aromatic carbocycles. The van der Waals surface area contributed by atoms with Gasteiger partial charge in [0, 0.05) is 66.1 Å². The summed E-state index contributed by atoms with van der Waals surface area (Å²) in [4.78, 5) is 30.5. The standard InChI is InChI=1S/C75H56N8/c1-44(2)68-76-69(45-21-10-7-11-22-45)79-72(77-68)50-33-35-64-58(40-50)74(3,4)60-42-52(38-56-54-29-16-18-31-62(54)82(64)66(56)60)48-27-20-28-49(37-48)53-39-57-55-30-17-19-32-63(55)83-65-36-34-51(41-59(65)75(5,6)61(43-53)67(57)83)73-80-70(46-23-12-8-13-24-46)78-71(81-73)47-25-14-9-15-26-47/h7-44H,1-6H3. The summed E-state index contributed by atoms with van der Waals surface area (Å²) in [6.45, 7) is 13.8. The number of rotatable bonds is 8. The van der Waals surface area contributed by atoms with Gasteiger partial charge < -0.3 is 9.13 Å². The maximum atomic E-state index is 5.17. The summed E-state index contributed by atoms with van der Waals surface area (Å²) in [6.07, 6.45) is 0. The number of para-hydroxylation sites is 2. The Morgan fingerprint density at radius 2 is 0.639 bits per heavy atom. The average Bonchev–Trinajstić information content (AvgIpc) is 1.84. The maximum absolute atomic E-state index is 5.17. The lowest BCUT2D eigenvalue weighted by Gasteiger charge is -2.35. The Hall–Kier alpha value is -10.2. The second-order valence-corrected chi connectivity index (χ2v) is 23.7. The summed E-state index contributed by atoms with van der Waals surface area (Å²) < 4.78 is 4.97. The number of hydrogen-bond donors (Lipinski definition) is 0. The highest BCUT2D eigenvalue weighted by molar-refractivity contribution is 6.14. The van der Waals surface area contributed by atoms with Crippen molar-refractivity contribution in [2.75, 3.05) is 0 Å². The smallest absolute Gasteiger partial charge is 0.164 e. The van der Waals surface area contributed by atoms with Crippen LogP contribution < -0.4 is 0 Å². The van der Waals surface area contributed by atoms with Crippen LogP contribution >= 0.6 is 0 Å². The first-order chi connectivity index (χ1) is 40.5. The Morgan fingerprint density at radius 3 is 1.06 bits per heavy atom. The molecule has 2 aliphatic rings. The number of fused-ring (bicyclic) bond motifs is 10. The van der Waals surface area contributed by atoms with Crippen molar-refractivity contribution in [3.63, 3.8) is 0 Å². The van der Waals surface area contributed by atoms with E-state index in [-0.39, 0.29) is 11.3 Å². The molecule has 0 aliphatic carbocycles. The molecule has 0 saturated heterocycles. The summed E-state index contributed by atoms with van der Waals surface area (Å²) in [7, 11) is 0. The lowest BCUT2D eigenvalue weighted by Crippen LogP contribution is -2.26. The van der Waals surface area contributed by atoms with E-state index in [1.54, 1.807) is 0 Å². The Labute approximate surface area is 481 Å². The molecule has 83 heavy (non-hydrogen) atoms. The van der Waals surface area contributed by atoms with E-state index in [0.717, 1.165) is 33.6 Å². The van der Waals surface area contributed by atoms with E-state index in [9.17, 15) is 0 Å². The molecular weight excluding hydrogens is 1010 g/mol. The molecule has 0 atom stereocenters. The summed E-state index contributed by atoms with van der Waals surface area (Å²) >= 11 is 0. The van der Waals surface area contributed by atoms with Gasteiger partial charge in [0.25, 0.3) is 0 Å². The third-order valence-electron chi connectivity index (χ3n) is 17.7. The zero-order valence-electron chi connectivity index (χ0n) is 47.0. The van der Waals surface area contributed by atoms with E-state index in [4.69, 9.17) is 29.9 Å². The number of hydrogen-bond acceptors (Lipinski definition) is 6. The van der Waals surface area contributed by atoms with Crippen molar-refractivity contribution in [2.24, 2.45) is 0 Å². The number of benzene rings is 10. The van der Waals surface area contributed by atoms with Crippen molar-refractivity contribution in [3.8, 4) is 90.6 Å². The Morgan fingerprint density at radius 1 is 0.289 bits per heavy atom. The van der Waals surface area contributed by atoms with E-state index < -0.39 is 5.41 Å². The van der Waals surface area contributed by atoms with Crippen LogP contribution in [0.2, 0.25) is 0 Å². The summed E-state index contributed by atoms with van der Waals surface area (Å²) in [5.74, 6) is 4.21. The van der Waals surface area contributed by atoms with Gasteiger partial charge in [0.15, 0.2) is 29.1 Å². The molecule has 6 heterocycles. The molecular formula is C75H56N8. The molecule has 4 aromatic heterocycles. The van der Waals surface area contributed by atoms with Crippen molar-refractivity contribution < 1.29 is 0 Å². The van der Waals surface area contributed by atoms with Gasteiger partial charge in [-0.15, -0.1) is 0 Å². The van der Waals surface area contributed by atoms with Crippen molar-refractivity contribution in [2.45, 2.75) is 58.3 Å². The van der Waals surface area contributed by atoms with E-state index in [1.165, 1.54) is 99.5 Å². The van der Waals surface area contributed by atoms with Crippen LogP contribution in [0.25, 0.3) is 134 Å². The lowest BCUT2D eigenvalue weighted by atomic mass is 9.73. The fraction of sp³-hybridized carbons (Fsp3) is 0.120. The SMILES string of the molecule is CC(C)c1nc(-c2ccccc2)nc(-c2ccc3c(c2)C(C)(C)c2cc(-c4cccc(-c5cc6c7c(c5)c5ccccc5n7-c5ccc(-c7nc(-c8ccccc8)nc(-c8ccccc8)n7)cc5C6(C)C)c4)cc4c5ccccc5n-3c24)n1. The zero-order chi connectivity index (χ0) is 55.9. The topological polar surface area (TPSA) is 87.2 Å². The van der Waals surface area contributed by atoms with Gasteiger partial charge in [0.05, 0.1) is 33.4 Å². The highest BCUT2D eigenvalue weighted by Gasteiger charge is 2.38. The largest absolute Gasteiger partial charge is 0.309 e. The highest BCUT2D eigenvalue weighted by Crippen LogP contribution is 2.52. The van der Waals surface area contributed by atoms with E-state index in [1.807, 2.05) is 54.6 Å². The van der Waals surface area contributed by atoms with Gasteiger partial charge in [-0.05, 0) is 123 Å². The minimum Gasteiger partial charge on any atom is -0.309 e. The normalized spacial score (nSPS) is 13.7. The van der Waals surface area contributed by atoms with Gasteiger partial charge in [-0.3, -0.25) is 0 Å². The average molecular weight is 1070 g/mol. The van der Waals surface area contributed by atoms with Crippen LogP contribution in [-0.2, 0) is 10.8 Å². The predicted molar refractivity (Wildman–Crippen MR) is 338 cm³/mol. The van der Waals surface area contributed by atoms with Crippen LogP contribution in [0, 0.1) is 0 Å². The zero-order valence-corrected chi connectivity index (χ0v) is 47.0. The van der Waals surface area contributed by atoms with Gasteiger partial charge in [-0.25, -0.2) is 29.9 Å². The first kappa shape index (κ1) is 48.7. The molecule has 8 heteroatoms. The molecule has 0 radical (unpaired) electrons. The molecule has 8 nitrogen and oxygen atoms in total. The first-order valence-corrected chi connectivity index (χ1v) is 28.7. The molecule has 14 aromatic rings. The molecule has 0 fully saturated rings. The molecule has 396 valence electrons. The van der Waals surface area contributed by atoms with Gasteiger partial charge in [0.1, 0.15) is 5.82 Å². The van der Waals surface area contributed by atoms with Gasteiger partial charge in [0.2, 0.25) is 0 Å². The van der Waals surface area contributed by atoms with Gasteiger partial charge in [-0.2, -0.15) is 0 Å². The van der Waals surface area contributed by atoms with Crippen LogP contribution in [0.3, 0.4) is 0 Å². The van der Waals surface area contributed by atoms with Crippen molar-refractivity contribution >= 4 is 43.6 Å². The summed E-state index contributed by atoms with van der Waals surface area (Å²) in [6, 6.07) is 80.9. The van der Waals surface area contributed by atoms with Crippen LogP contribution in [0.15, 0.2) is 224 Å². The Bertz CT molecular complexity index is 4930. The molecule has 0 bridgehead atoms. The van der Waals surface area contributed by atoms with Crippen LogP contribution in [0.4, 0.5) is 0 Å². The van der Waals surface area contributed by atoms with Crippen LogP contribution in [-0.4, -0.2) is 39.0 Å². The predicted octanol–water partition coefficient (Wildman–Crippen LogP) is 18.3. The fourth-order valence-corrected chi connectivity index (χ4v) is 13.3. The number of nitrogens with zero attached hydrogens (tertiary/aromatic N) is 8. The molecule has 0 saturated carbocycles. The highest BCUT2D eigenvalue weighted by atomic mass is 15.1. The quantitative estimate of drug-likeness (QED) is 0.151. The van der Waals surface area contributed by atoms with Crippen molar-refractivity contribution in [1.29, 1.82) is 0 Å². The van der Waals surface area contributed by atoms with Gasteiger partial charge in [-0.1, -0.05) is 187 Å². The summed E-state index contributed by atoms with van der Waals surface area (Å²) in [5, 5.41) is 4.95. The lowest BCUT2D eigenvalue weighted by molar-refractivity contribution is 0.630. The first-order valence-electron chi connectivity index (χ1n) is 28.7. The molecule has 16 rings (SSSR count). The molecule has 0 N–H and O–H groups in total. The Kier molecular flexibility index (Phi) is 10.7. The molecule has 0 spiro atoms. The minimum absolute atomic E-state index is 0.131. The van der Waals surface area contributed by atoms with Gasteiger partial charge >= 0.3 is 0 Å². The van der Waals surface area contributed by atoms with Crippen LogP contribution in [0.1, 0.15) is 75.5 Å². The van der Waals surface area contributed by atoms with E-state index >= 15 is 0 Å². The number of aromatic nitrogens is 8. The molecule has 0 unspecified atom stereocenters. The van der Waals surface area contributed by atoms with Crippen molar-refractivity contribution in [3.05, 3.63) is 253 Å². The summed E-state index contributed by atoms with van der Waals surface area (Å²) in [5.41, 5.74) is 20.9. The second-order valence-electron chi connectivity index (χ2n) is 23.7. The molecule has 2 aliphatic heterocycles. The van der Waals surface area contributed by atoms with Crippen molar-refractivity contribution in [1.82, 2.24) is 39.0 Å². The third-order valence-corrected chi connectivity index (χ3v) is 17.7.